The van der Waals surface area contributed by atoms with Crippen molar-refractivity contribution in [2.24, 2.45) is 12.0 Å². The summed E-state index contributed by atoms with van der Waals surface area (Å²) in [4.78, 5) is 54.0. The second-order valence-corrected chi connectivity index (χ2v) is 9.43. The fourth-order valence-electron chi connectivity index (χ4n) is 4.35. The molecule has 0 aliphatic carbocycles. The van der Waals surface area contributed by atoms with Gasteiger partial charge in [0.05, 0.1) is 24.6 Å². The summed E-state index contributed by atoms with van der Waals surface area (Å²) in [5.74, 6) is 1.30. The molecule has 17 heteroatoms. The lowest BCUT2D eigenvalue weighted by Gasteiger charge is -2.08. The number of nitrogen functional groups attached to an aromatic ring is 2. The van der Waals surface area contributed by atoms with Gasteiger partial charge in [-0.25, -0.2) is 34.9 Å². The number of imidazole rings is 2. The number of aromatic nitrogens is 9. The van der Waals surface area contributed by atoms with Crippen LogP contribution in [0.15, 0.2) is 59.0 Å². The van der Waals surface area contributed by atoms with Crippen LogP contribution in [0.25, 0.3) is 22.3 Å². The fraction of sp³-hybridized carbons (Fsp3) is 0.192. The maximum Gasteiger partial charge on any atom is 0.228 e. The molecule has 0 aromatic carbocycles. The quantitative estimate of drug-likeness (QED) is 0.170. The first-order chi connectivity index (χ1) is 20.9. The van der Waals surface area contributed by atoms with Gasteiger partial charge in [0.2, 0.25) is 23.6 Å². The van der Waals surface area contributed by atoms with Gasteiger partial charge in [0.25, 0.3) is 0 Å². The SMILES string of the molecule is Cn1c(/C=N/c2ccc(NC(=O)CCn3cnc4c(N)ncnc43)o2)ccc1NC(=O)CCn1cnc2c(N)ncnc21. The molecule has 0 radical (unpaired) electrons. The molecule has 43 heavy (non-hydrogen) atoms. The summed E-state index contributed by atoms with van der Waals surface area (Å²) in [5.41, 5.74) is 14.5. The molecule has 0 unspecified atom stereocenters. The van der Waals surface area contributed by atoms with Crippen LogP contribution in [0, 0.1) is 0 Å². The molecule has 0 bridgehead atoms. The first kappa shape index (κ1) is 27.1. The number of hydrogen-bond acceptors (Lipinski definition) is 12. The smallest absolute Gasteiger partial charge is 0.228 e. The zero-order valence-electron chi connectivity index (χ0n) is 22.9. The Morgan fingerprint density at radius 3 is 2.07 bits per heavy atom. The van der Waals surface area contributed by atoms with Crippen molar-refractivity contribution >= 4 is 69.6 Å². The van der Waals surface area contributed by atoms with Crippen molar-refractivity contribution in [2.45, 2.75) is 25.9 Å². The van der Waals surface area contributed by atoms with Crippen LogP contribution in [-0.4, -0.2) is 61.6 Å². The molecule has 2 amide bonds. The summed E-state index contributed by atoms with van der Waals surface area (Å²) in [6.45, 7) is 0.723. The van der Waals surface area contributed by atoms with E-state index in [9.17, 15) is 9.59 Å². The minimum Gasteiger partial charge on any atom is -0.423 e. The van der Waals surface area contributed by atoms with E-state index in [4.69, 9.17) is 15.9 Å². The average Bonchev–Trinajstić information content (AvgIpc) is 3.78. The Morgan fingerprint density at radius 2 is 1.44 bits per heavy atom. The van der Waals surface area contributed by atoms with E-state index in [0.29, 0.717) is 52.9 Å². The Bertz CT molecular complexity index is 1980. The van der Waals surface area contributed by atoms with Gasteiger partial charge in [0, 0.05) is 45.1 Å². The van der Waals surface area contributed by atoms with Crippen molar-refractivity contribution in [1.82, 2.24) is 43.6 Å². The van der Waals surface area contributed by atoms with E-state index in [0.717, 1.165) is 5.69 Å². The number of nitrogens with zero attached hydrogens (tertiary/aromatic N) is 10. The zero-order valence-corrected chi connectivity index (χ0v) is 22.9. The molecule has 6 N–H and O–H groups in total. The maximum atomic E-state index is 12.6. The lowest BCUT2D eigenvalue weighted by Crippen LogP contribution is -2.16. The van der Waals surface area contributed by atoms with Crippen LogP contribution >= 0.6 is 0 Å². The van der Waals surface area contributed by atoms with E-state index in [2.05, 4.69) is 45.5 Å². The Kier molecular flexibility index (Phi) is 7.17. The topological polar surface area (TPSA) is 228 Å². The molecule has 0 aliphatic rings. The number of fused-ring (bicyclic) bond motifs is 2. The predicted octanol–water partition coefficient (Wildman–Crippen LogP) is 1.87. The summed E-state index contributed by atoms with van der Waals surface area (Å²) >= 11 is 0. The van der Waals surface area contributed by atoms with Crippen LogP contribution in [-0.2, 0) is 29.7 Å². The monoisotopic (exact) mass is 582 g/mol. The summed E-state index contributed by atoms with van der Waals surface area (Å²) in [6, 6.07) is 6.84. The van der Waals surface area contributed by atoms with Crippen LogP contribution in [0.2, 0.25) is 0 Å². The number of amides is 2. The number of anilines is 4. The molecule has 0 spiro atoms. The van der Waals surface area contributed by atoms with Crippen LogP contribution in [0.1, 0.15) is 18.5 Å². The molecular weight excluding hydrogens is 556 g/mol. The van der Waals surface area contributed by atoms with E-state index in [-0.39, 0.29) is 36.4 Å². The molecule has 6 aromatic heterocycles. The number of aliphatic imine (C=N–C) groups is 1. The Morgan fingerprint density at radius 1 is 0.837 bits per heavy atom. The average molecular weight is 583 g/mol. The fourth-order valence-corrected chi connectivity index (χ4v) is 4.35. The first-order valence-corrected chi connectivity index (χ1v) is 13.1. The van der Waals surface area contributed by atoms with Crippen molar-refractivity contribution in [1.29, 1.82) is 0 Å². The van der Waals surface area contributed by atoms with Crippen LogP contribution in [0.4, 0.5) is 29.2 Å². The number of carbonyl (C=O) groups is 2. The predicted molar refractivity (Wildman–Crippen MR) is 157 cm³/mol. The Labute approximate surface area is 242 Å². The highest BCUT2D eigenvalue weighted by molar-refractivity contribution is 5.92. The number of rotatable bonds is 10. The lowest BCUT2D eigenvalue weighted by atomic mass is 10.4. The van der Waals surface area contributed by atoms with Crippen molar-refractivity contribution in [2.75, 3.05) is 22.1 Å². The van der Waals surface area contributed by atoms with Gasteiger partial charge in [-0.05, 0) is 12.1 Å². The second kappa shape index (κ2) is 11.4. The van der Waals surface area contributed by atoms with E-state index in [1.165, 1.54) is 12.7 Å². The lowest BCUT2D eigenvalue weighted by molar-refractivity contribution is -0.117. The molecule has 0 fully saturated rings. The van der Waals surface area contributed by atoms with Gasteiger partial charge in [-0.3, -0.25) is 14.9 Å². The number of furan rings is 1. The van der Waals surface area contributed by atoms with E-state index >= 15 is 0 Å². The zero-order chi connectivity index (χ0) is 29.9. The number of nitrogens with two attached hydrogens (primary N) is 2. The number of aryl methyl sites for hydroxylation is 2. The van der Waals surface area contributed by atoms with Crippen LogP contribution in [0.3, 0.4) is 0 Å². The van der Waals surface area contributed by atoms with Gasteiger partial charge in [0.15, 0.2) is 22.9 Å². The standard InChI is InChI=1S/C26H26N14O3/c1-38-15(2-3-16(38)36-17(41)6-8-39-13-34-21-23(27)30-11-32-25(21)39)10-29-19-4-5-20(43-19)37-18(42)7-9-40-14-35-22-24(28)31-12-33-26(22)40/h2-5,10-14H,6-9H2,1H3,(H,36,41)(H,37,42)(H2,27,30,32)(H2,28,31,33)/b29-10+. The second-order valence-electron chi connectivity index (χ2n) is 9.43. The van der Waals surface area contributed by atoms with Gasteiger partial charge in [-0.2, -0.15) is 0 Å². The molecule has 218 valence electrons. The highest BCUT2D eigenvalue weighted by Crippen LogP contribution is 2.22. The molecule has 6 heterocycles. The molecule has 17 nitrogen and oxygen atoms in total. The third-order valence-electron chi connectivity index (χ3n) is 6.63. The normalized spacial score (nSPS) is 11.6. The molecular formula is C26H26N14O3. The summed E-state index contributed by atoms with van der Waals surface area (Å²) in [6.07, 6.45) is 7.83. The van der Waals surface area contributed by atoms with Gasteiger partial charge in [-0.15, -0.1) is 0 Å². The number of carbonyl (C=O) groups excluding carboxylic acids is 2. The molecule has 6 rings (SSSR count). The van der Waals surface area contributed by atoms with Gasteiger partial charge in [0.1, 0.15) is 29.5 Å². The summed E-state index contributed by atoms with van der Waals surface area (Å²) < 4.78 is 10.9. The molecule has 0 atom stereocenters. The van der Waals surface area contributed by atoms with Crippen molar-refractivity contribution in [3.63, 3.8) is 0 Å². The highest BCUT2D eigenvalue weighted by atomic mass is 16.4. The van der Waals surface area contributed by atoms with Crippen molar-refractivity contribution in [3.05, 3.63) is 55.3 Å². The van der Waals surface area contributed by atoms with Crippen LogP contribution in [0.5, 0.6) is 0 Å². The minimum atomic E-state index is -0.254. The molecule has 6 aromatic rings. The molecule has 0 saturated heterocycles. The number of hydrogen-bond donors (Lipinski definition) is 4. The summed E-state index contributed by atoms with van der Waals surface area (Å²) in [5, 5.41) is 5.60. The maximum absolute atomic E-state index is 12.6. The van der Waals surface area contributed by atoms with E-state index in [1.54, 1.807) is 57.8 Å². The van der Waals surface area contributed by atoms with Gasteiger partial charge >= 0.3 is 0 Å². The first-order valence-electron chi connectivity index (χ1n) is 13.1. The Balaban J connectivity index is 1.00. The van der Waals surface area contributed by atoms with E-state index < -0.39 is 0 Å². The third-order valence-corrected chi connectivity index (χ3v) is 6.63. The molecule has 0 saturated carbocycles. The number of nitrogens with one attached hydrogen (secondary N) is 2. The van der Waals surface area contributed by atoms with Crippen molar-refractivity contribution < 1.29 is 14.0 Å². The minimum absolute atomic E-state index is 0.161. The van der Waals surface area contributed by atoms with Gasteiger partial charge < -0.3 is 34.9 Å². The van der Waals surface area contributed by atoms with Crippen LogP contribution < -0.4 is 22.1 Å². The third kappa shape index (κ3) is 5.71. The van der Waals surface area contributed by atoms with Crippen molar-refractivity contribution in [3.8, 4) is 0 Å². The summed E-state index contributed by atoms with van der Waals surface area (Å²) in [7, 11) is 1.80. The Hall–Kier alpha value is -6.13. The van der Waals surface area contributed by atoms with E-state index in [1.807, 2.05) is 6.07 Å². The highest BCUT2D eigenvalue weighted by Gasteiger charge is 2.13. The largest absolute Gasteiger partial charge is 0.423 e. The van der Waals surface area contributed by atoms with Gasteiger partial charge in [-0.1, -0.05) is 0 Å². The molecule has 0 aliphatic heterocycles.